The Hall–Kier alpha value is -4.45. The van der Waals surface area contributed by atoms with Crippen LogP contribution in [0, 0.1) is 0 Å². The van der Waals surface area contributed by atoms with E-state index in [1.165, 1.54) is 36.7 Å². The van der Waals surface area contributed by atoms with E-state index in [-0.39, 0.29) is 30.5 Å². The van der Waals surface area contributed by atoms with Crippen LogP contribution < -0.4 is 15.5 Å². The maximum Gasteiger partial charge on any atom is 0.258 e. The first-order valence-electron chi connectivity index (χ1n) is 12.4. The highest BCUT2D eigenvalue weighted by molar-refractivity contribution is 7.89. The zero-order valence-electron chi connectivity index (χ0n) is 21.8. The van der Waals surface area contributed by atoms with Crippen molar-refractivity contribution in [1.82, 2.24) is 15.0 Å². The fourth-order valence-corrected chi connectivity index (χ4v) is 5.10. The molecule has 0 saturated heterocycles. The number of sulfonamides is 1. The SMILES string of the molecule is O=C(COc1ccc(/C=N/NC(=O)CN(Cc2ccccc2)S(=O)(=O)c2ccc(Cl)cc2)cc1)NCc1ccco1. The van der Waals surface area contributed by atoms with Crippen molar-refractivity contribution in [2.45, 2.75) is 18.0 Å². The summed E-state index contributed by atoms with van der Waals surface area (Å²) in [6, 6.07) is 24.9. The Morgan fingerprint density at radius 2 is 1.66 bits per heavy atom. The molecule has 4 aromatic rings. The van der Waals surface area contributed by atoms with Gasteiger partial charge in [0, 0.05) is 11.6 Å². The van der Waals surface area contributed by atoms with Gasteiger partial charge in [-0.1, -0.05) is 41.9 Å². The predicted octanol–water partition coefficient (Wildman–Crippen LogP) is 3.97. The lowest BCUT2D eigenvalue weighted by Crippen LogP contribution is -2.39. The molecule has 0 aliphatic rings. The van der Waals surface area contributed by atoms with Crippen LogP contribution in [0.2, 0.25) is 5.02 Å². The van der Waals surface area contributed by atoms with Crippen molar-refractivity contribution in [3.63, 3.8) is 0 Å². The highest BCUT2D eigenvalue weighted by Crippen LogP contribution is 2.20. The first kappa shape index (κ1) is 29.5. The maximum absolute atomic E-state index is 13.3. The van der Waals surface area contributed by atoms with E-state index in [1.54, 1.807) is 60.7 Å². The first-order valence-corrected chi connectivity index (χ1v) is 14.2. The molecule has 1 heterocycles. The number of ether oxygens (including phenoxy) is 1. The number of hydrazone groups is 1. The topological polar surface area (TPSA) is 130 Å². The lowest BCUT2D eigenvalue weighted by atomic mass is 10.2. The molecule has 212 valence electrons. The van der Waals surface area contributed by atoms with Gasteiger partial charge in [-0.25, -0.2) is 13.8 Å². The second kappa shape index (κ2) is 14.3. The molecule has 0 spiro atoms. The summed E-state index contributed by atoms with van der Waals surface area (Å²) in [6.45, 7) is -0.354. The molecule has 3 aromatic carbocycles. The number of carbonyl (C=O) groups is 2. The highest BCUT2D eigenvalue weighted by atomic mass is 35.5. The summed E-state index contributed by atoms with van der Waals surface area (Å²) in [6.07, 6.45) is 2.94. The van der Waals surface area contributed by atoms with Gasteiger partial charge < -0.3 is 14.5 Å². The van der Waals surface area contributed by atoms with Gasteiger partial charge in [-0.2, -0.15) is 9.41 Å². The molecule has 12 heteroatoms. The number of nitrogens with one attached hydrogen (secondary N) is 2. The Balaban J connectivity index is 1.31. The molecule has 0 saturated carbocycles. The molecule has 0 radical (unpaired) electrons. The molecule has 2 amide bonds. The third kappa shape index (κ3) is 9.04. The lowest BCUT2D eigenvalue weighted by Gasteiger charge is -2.21. The Labute approximate surface area is 242 Å². The van der Waals surface area contributed by atoms with E-state index in [9.17, 15) is 18.0 Å². The molecule has 41 heavy (non-hydrogen) atoms. The monoisotopic (exact) mass is 594 g/mol. The molecular weight excluding hydrogens is 568 g/mol. The summed E-state index contributed by atoms with van der Waals surface area (Å²) >= 11 is 5.91. The van der Waals surface area contributed by atoms with Crippen molar-refractivity contribution < 1.29 is 27.2 Å². The molecule has 10 nitrogen and oxygen atoms in total. The summed E-state index contributed by atoms with van der Waals surface area (Å²) in [5, 5.41) is 7.03. The molecule has 1 aromatic heterocycles. The van der Waals surface area contributed by atoms with Gasteiger partial charge in [0.2, 0.25) is 10.0 Å². The zero-order valence-corrected chi connectivity index (χ0v) is 23.3. The largest absolute Gasteiger partial charge is 0.484 e. The summed E-state index contributed by atoms with van der Waals surface area (Å²) < 4.78 is 38.4. The van der Waals surface area contributed by atoms with Crippen LogP contribution in [0.1, 0.15) is 16.9 Å². The van der Waals surface area contributed by atoms with Crippen LogP contribution in [-0.4, -0.2) is 43.9 Å². The first-order chi connectivity index (χ1) is 19.8. The Morgan fingerprint density at radius 3 is 2.34 bits per heavy atom. The summed E-state index contributed by atoms with van der Waals surface area (Å²) in [7, 11) is -4.01. The summed E-state index contributed by atoms with van der Waals surface area (Å²) in [5.74, 6) is 0.203. The van der Waals surface area contributed by atoms with Crippen LogP contribution in [0.5, 0.6) is 5.75 Å². The molecule has 0 bridgehead atoms. The van der Waals surface area contributed by atoms with Crippen molar-refractivity contribution in [2.24, 2.45) is 5.10 Å². The van der Waals surface area contributed by atoms with Gasteiger partial charge in [0.15, 0.2) is 6.61 Å². The second-order valence-corrected chi connectivity index (χ2v) is 11.1. The van der Waals surface area contributed by atoms with Crippen molar-refractivity contribution in [2.75, 3.05) is 13.2 Å². The normalized spacial score (nSPS) is 11.5. The number of rotatable bonds is 13. The minimum atomic E-state index is -4.01. The van der Waals surface area contributed by atoms with Crippen LogP contribution in [0.4, 0.5) is 0 Å². The van der Waals surface area contributed by atoms with Gasteiger partial charge in [0.05, 0.1) is 30.5 Å². The van der Waals surface area contributed by atoms with Gasteiger partial charge in [0.25, 0.3) is 11.8 Å². The molecule has 0 unspecified atom stereocenters. The molecule has 0 aliphatic heterocycles. The molecule has 2 N–H and O–H groups in total. The maximum atomic E-state index is 13.3. The predicted molar refractivity (Wildman–Crippen MR) is 154 cm³/mol. The van der Waals surface area contributed by atoms with Crippen LogP contribution in [0.25, 0.3) is 0 Å². The van der Waals surface area contributed by atoms with Crippen molar-refractivity contribution in [1.29, 1.82) is 0 Å². The third-order valence-corrected chi connectivity index (χ3v) is 7.72. The average molecular weight is 595 g/mol. The number of hydrogen-bond donors (Lipinski definition) is 2. The van der Waals surface area contributed by atoms with E-state index in [1.807, 2.05) is 6.07 Å². The van der Waals surface area contributed by atoms with Gasteiger partial charge in [-0.05, 0) is 71.8 Å². The summed E-state index contributed by atoms with van der Waals surface area (Å²) in [4.78, 5) is 24.6. The number of nitrogens with zero attached hydrogens (tertiary/aromatic N) is 2. The minimum Gasteiger partial charge on any atom is -0.484 e. The molecule has 0 fully saturated rings. The number of amides is 2. The Bertz CT molecular complexity index is 1560. The van der Waals surface area contributed by atoms with Gasteiger partial charge in [-0.3, -0.25) is 9.59 Å². The average Bonchev–Trinajstić information content (AvgIpc) is 3.50. The zero-order chi connectivity index (χ0) is 29.1. The van der Waals surface area contributed by atoms with E-state index >= 15 is 0 Å². The number of halogens is 1. The second-order valence-electron chi connectivity index (χ2n) is 8.72. The van der Waals surface area contributed by atoms with Gasteiger partial charge in [0.1, 0.15) is 11.5 Å². The standard InChI is InChI=1S/C29H27ClN4O6S/c30-24-10-14-27(15-11-24)41(37,38)34(19-23-5-2-1-3-6-23)20-28(35)33-32-17-22-8-12-25(13-9-22)40-21-29(36)31-18-26-7-4-16-39-26/h1-17H,18-21H2,(H,31,36)(H,33,35)/b32-17+. The molecule has 4 rings (SSSR count). The van der Waals surface area contributed by atoms with Crippen LogP contribution >= 0.6 is 11.6 Å². The van der Waals surface area contributed by atoms with E-state index in [2.05, 4.69) is 15.8 Å². The van der Waals surface area contributed by atoms with E-state index in [4.69, 9.17) is 20.8 Å². The Kier molecular flexibility index (Phi) is 10.3. The third-order valence-electron chi connectivity index (χ3n) is 5.67. The molecule has 0 atom stereocenters. The van der Waals surface area contributed by atoms with Gasteiger partial charge in [-0.15, -0.1) is 0 Å². The fraction of sp³-hybridized carbons (Fsp3) is 0.138. The van der Waals surface area contributed by atoms with Crippen LogP contribution in [0.3, 0.4) is 0 Å². The Morgan fingerprint density at radius 1 is 0.927 bits per heavy atom. The van der Waals surface area contributed by atoms with Crippen LogP contribution in [0.15, 0.2) is 112 Å². The van der Waals surface area contributed by atoms with Crippen molar-refractivity contribution in [3.05, 3.63) is 119 Å². The summed E-state index contributed by atoms with van der Waals surface area (Å²) in [5.41, 5.74) is 3.74. The van der Waals surface area contributed by atoms with E-state index < -0.39 is 22.5 Å². The highest BCUT2D eigenvalue weighted by Gasteiger charge is 2.27. The number of benzene rings is 3. The quantitative estimate of drug-likeness (QED) is 0.178. The molecular formula is C29H27ClN4O6S. The van der Waals surface area contributed by atoms with Crippen molar-refractivity contribution in [3.8, 4) is 5.75 Å². The smallest absolute Gasteiger partial charge is 0.258 e. The fourth-order valence-electron chi connectivity index (χ4n) is 3.59. The number of furan rings is 1. The van der Waals surface area contributed by atoms with Crippen molar-refractivity contribution >= 4 is 39.7 Å². The number of hydrogen-bond acceptors (Lipinski definition) is 7. The van der Waals surface area contributed by atoms with E-state index in [0.717, 1.165) is 9.87 Å². The van der Waals surface area contributed by atoms with Gasteiger partial charge >= 0.3 is 0 Å². The van der Waals surface area contributed by atoms with E-state index in [0.29, 0.717) is 22.1 Å². The lowest BCUT2D eigenvalue weighted by molar-refractivity contribution is -0.123. The minimum absolute atomic E-state index is 0.00866. The van der Waals surface area contributed by atoms with Crippen LogP contribution in [-0.2, 0) is 32.7 Å². The molecule has 0 aliphatic carbocycles. The number of carbonyl (C=O) groups excluding carboxylic acids is 2.